The van der Waals surface area contributed by atoms with Gasteiger partial charge in [-0.3, -0.25) is 9.59 Å². The third-order valence-electron chi connectivity index (χ3n) is 16.8. The summed E-state index contributed by atoms with van der Waals surface area (Å²) < 4.78 is 16.5. The molecule has 0 bridgehead atoms. The van der Waals surface area contributed by atoms with Gasteiger partial charge in [-0.25, -0.2) is 9.97 Å². The van der Waals surface area contributed by atoms with Gasteiger partial charge in [0.05, 0.1) is 46.4 Å². The topological polar surface area (TPSA) is 88.2 Å². The van der Waals surface area contributed by atoms with Gasteiger partial charge in [-0.1, -0.05) is 259 Å². The van der Waals surface area contributed by atoms with E-state index in [2.05, 4.69) is 52.0 Å². The first-order valence-corrected chi connectivity index (χ1v) is 35.6. The first kappa shape index (κ1) is 66.9. The third kappa shape index (κ3) is 23.6. The number of rotatable bonds is 49. The minimum atomic E-state index is 0.0306. The molecule has 0 saturated heterocycles. The zero-order chi connectivity index (χ0) is 57.7. The second-order valence-electron chi connectivity index (χ2n) is 23.9. The molecule has 0 N–H and O–H groups in total. The molecule has 0 aromatic carbocycles. The normalized spacial score (nSPS) is 11.7. The van der Waals surface area contributed by atoms with Gasteiger partial charge in [-0.2, -0.15) is 0 Å². The highest BCUT2D eigenvalue weighted by Crippen LogP contribution is 2.40. The van der Waals surface area contributed by atoms with E-state index in [0.717, 1.165) is 80.1 Å². The van der Waals surface area contributed by atoms with Crippen LogP contribution in [0.1, 0.15) is 285 Å². The van der Waals surface area contributed by atoms with Gasteiger partial charge >= 0.3 is 0 Å². The van der Waals surface area contributed by atoms with Gasteiger partial charge in [-0.05, 0) is 74.2 Å². The molecule has 82 heavy (non-hydrogen) atoms. The molecule has 0 spiro atoms. The summed E-state index contributed by atoms with van der Waals surface area (Å²) in [5, 5.41) is 0. The minimum Gasteiger partial charge on any atom is -0.478 e. The van der Waals surface area contributed by atoms with Gasteiger partial charge in [0.15, 0.2) is 0 Å². The monoisotopic (exact) mass is 1160 g/mol. The lowest BCUT2D eigenvalue weighted by Gasteiger charge is -2.14. The SMILES string of the molecule is CCCCCCCCCCCCOc1ccc2c(cc(-c3ccc(-c4ccc(-c5cc6nc(OCCCCCCCCCCCC)ccc6n(CCCCCCCCCCCC)c5=O)s4)s3)c(=O)n2CCCCCCCCCCCC)n1. The number of hydrogen-bond acceptors (Lipinski definition) is 8. The number of aromatic nitrogens is 4. The Labute approximate surface area is 505 Å². The van der Waals surface area contributed by atoms with E-state index in [0.29, 0.717) is 49.2 Å². The molecule has 0 saturated carbocycles. The Hall–Kier alpha value is -4.28. The van der Waals surface area contributed by atoms with Crippen LogP contribution >= 0.6 is 22.7 Å². The number of thiophene rings is 2. The van der Waals surface area contributed by atoms with Crippen molar-refractivity contribution < 1.29 is 9.47 Å². The van der Waals surface area contributed by atoms with E-state index in [9.17, 15) is 9.59 Å². The van der Waals surface area contributed by atoms with Crippen molar-refractivity contribution in [3.63, 3.8) is 0 Å². The summed E-state index contributed by atoms with van der Waals surface area (Å²) in [5.74, 6) is 1.24. The van der Waals surface area contributed by atoms with Crippen molar-refractivity contribution in [3.8, 4) is 42.4 Å². The van der Waals surface area contributed by atoms with Gasteiger partial charge in [0.25, 0.3) is 11.1 Å². The largest absolute Gasteiger partial charge is 0.478 e. The van der Waals surface area contributed by atoms with Crippen LogP contribution in [-0.2, 0) is 13.1 Å². The van der Waals surface area contributed by atoms with Gasteiger partial charge in [-0.15, -0.1) is 22.7 Å². The summed E-state index contributed by atoms with van der Waals surface area (Å²) in [7, 11) is 0. The molecule has 6 aromatic rings. The molecule has 0 fully saturated rings. The van der Waals surface area contributed by atoms with Crippen molar-refractivity contribution in [1.29, 1.82) is 0 Å². The Balaban J connectivity index is 1.17. The molecular weight excluding hydrogens is 1050 g/mol. The summed E-state index contributed by atoms with van der Waals surface area (Å²) in [6, 6.07) is 20.4. The van der Waals surface area contributed by atoms with Crippen LogP contribution in [0.15, 0.2) is 70.3 Å². The molecule has 8 nitrogen and oxygen atoms in total. The number of fused-ring (bicyclic) bond motifs is 2. The maximum Gasteiger partial charge on any atom is 0.259 e. The molecule has 0 radical (unpaired) electrons. The molecule has 0 amide bonds. The van der Waals surface area contributed by atoms with Crippen LogP contribution in [0.25, 0.3) is 52.7 Å². The fraction of sp³-hybridized carbons (Fsp3) is 0.667. The zero-order valence-corrected chi connectivity index (χ0v) is 53.8. The van der Waals surface area contributed by atoms with Crippen molar-refractivity contribution in [2.24, 2.45) is 0 Å². The first-order valence-electron chi connectivity index (χ1n) is 34.0. The maximum absolute atomic E-state index is 14.7. The van der Waals surface area contributed by atoms with Crippen LogP contribution in [0.2, 0.25) is 0 Å². The van der Waals surface area contributed by atoms with E-state index in [-0.39, 0.29) is 11.1 Å². The second-order valence-corrected chi connectivity index (χ2v) is 26.1. The Morgan fingerprint density at radius 2 is 0.598 bits per heavy atom. The molecule has 0 unspecified atom stereocenters. The number of nitrogens with zero attached hydrogens (tertiary/aromatic N) is 4. The second kappa shape index (κ2) is 40.9. The first-order chi connectivity index (χ1) is 40.4. The van der Waals surface area contributed by atoms with E-state index in [1.165, 1.54) is 218 Å². The Kier molecular flexibility index (Phi) is 33.3. The predicted molar refractivity (Wildman–Crippen MR) is 356 cm³/mol. The van der Waals surface area contributed by atoms with E-state index in [1.54, 1.807) is 22.7 Å². The predicted octanol–water partition coefficient (Wildman–Crippen LogP) is 22.7. The van der Waals surface area contributed by atoms with Crippen molar-refractivity contribution in [3.05, 3.63) is 81.4 Å². The fourth-order valence-electron chi connectivity index (χ4n) is 11.7. The van der Waals surface area contributed by atoms with Gasteiger partial charge in [0.2, 0.25) is 11.8 Å². The molecule has 0 aliphatic carbocycles. The molecule has 6 rings (SSSR count). The number of ether oxygens (including phenoxy) is 2. The van der Waals surface area contributed by atoms with Gasteiger partial charge in [0.1, 0.15) is 0 Å². The van der Waals surface area contributed by atoms with Crippen molar-refractivity contribution in [2.45, 2.75) is 298 Å². The lowest BCUT2D eigenvalue weighted by molar-refractivity contribution is 0.294. The fourth-order valence-corrected chi connectivity index (χ4v) is 13.8. The molecule has 10 heteroatoms. The van der Waals surface area contributed by atoms with Crippen LogP contribution in [0.5, 0.6) is 11.8 Å². The quantitative estimate of drug-likeness (QED) is 0.0354. The van der Waals surface area contributed by atoms with Crippen LogP contribution in [-0.4, -0.2) is 32.3 Å². The average molecular weight is 1160 g/mol. The molecule has 6 heterocycles. The lowest BCUT2D eigenvalue weighted by Crippen LogP contribution is -2.22. The minimum absolute atomic E-state index is 0.0306. The Morgan fingerprint density at radius 3 is 0.902 bits per heavy atom. The zero-order valence-electron chi connectivity index (χ0n) is 52.1. The Morgan fingerprint density at radius 1 is 0.329 bits per heavy atom. The van der Waals surface area contributed by atoms with Crippen LogP contribution in [0.4, 0.5) is 0 Å². The number of unbranched alkanes of at least 4 members (excludes halogenated alkanes) is 36. The summed E-state index contributed by atoms with van der Waals surface area (Å²) in [4.78, 5) is 43.5. The average Bonchev–Trinajstić information content (AvgIpc) is 4.34. The molecule has 454 valence electrons. The lowest BCUT2D eigenvalue weighted by atomic mass is 10.1. The standard InChI is InChI=1S/C72H110N4O4S2/c1-5-9-13-17-21-25-29-33-37-41-53-75-63-45-51-69(79-55-43-39-35-31-27-23-19-15-11-7-3)73-61(63)57-59(71(75)77)65-47-49-67(81-65)68-50-48-66(82-68)60-58-62-64(76(72(60)78)54-42-38-34-30-26-22-18-14-10-6-2)46-52-70(74-62)80-56-44-40-36-32-28-24-20-16-12-8-4/h45-52,57-58H,5-44,53-56H2,1-4H3. The van der Waals surface area contributed by atoms with Crippen LogP contribution < -0.4 is 20.6 Å². The molecule has 0 aliphatic heterocycles. The maximum atomic E-state index is 14.7. The summed E-state index contributed by atoms with van der Waals surface area (Å²) in [6.45, 7) is 11.7. The third-order valence-corrected chi connectivity index (χ3v) is 19.2. The van der Waals surface area contributed by atoms with Crippen LogP contribution in [0, 0.1) is 0 Å². The highest BCUT2D eigenvalue weighted by molar-refractivity contribution is 7.25. The summed E-state index contributed by atoms with van der Waals surface area (Å²) in [5.41, 5.74) is 4.73. The number of hydrogen-bond donors (Lipinski definition) is 0. The highest BCUT2D eigenvalue weighted by atomic mass is 32.1. The summed E-state index contributed by atoms with van der Waals surface area (Å²) in [6.07, 6.45) is 50.6. The highest BCUT2D eigenvalue weighted by Gasteiger charge is 2.19. The van der Waals surface area contributed by atoms with Crippen molar-refractivity contribution in [2.75, 3.05) is 13.2 Å². The molecular formula is C72H110N4O4S2. The van der Waals surface area contributed by atoms with Crippen molar-refractivity contribution in [1.82, 2.24) is 19.1 Å². The Bertz CT molecular complexity index is 2580. The number of pyridine rings is 4. The van der Waals surface area contributed by atoms with E-state index < -0.39 is 0 Å². The number of aryl methyl sites for hydroxylation is 2. The van der Waals surface area contributed by atoms with Gasteiger partial charge in [0, 0.05) is 44.7 Å². The van der Waals surface area contributed by atoms with E-state index in [1.807, 2.05) is 45.5 Å². The summed E-state index contributed by atoms with van der Waals surface area (Å²) >= 11 is 3.27. The van der Waals surface area contributed by atoms with E-state index >= 15 is 0 Å². The van der Waals surface area contributed by atoms with E-state index in [4.69, 9.17) is 19.4 Å². The molecule has 0 aliphatic rings. The molecule has 6 aromatic heterocycles. The van der Waals surface area contributed by atoms with Crippen LogP contribution in [0.3, 0.4) is 0 Å². The smallest absolute Gasteiger partial charge is 0.259 e. The molecule has 0 atom stereocenters. The van der Waals surface area contributed by atoms with Gasteiger partial charge < -0.3 is 18.6 Å². The van der Waals surface area contributed by atoms with Crippen molar-refractivity contribution >= 4 is 44.7 Å².